The second-order valence-corrected chi connectivity index (χ2v) is 14.4. The molecule has 15 nitrogen and oxygen atoms in total. The van der Waals surface area contributed by atoms with Crippen LogP contribution in [0.4, 0.5) is 76.0 Å². The topological polar surface area (TPSA) is 242 Å². The summed E-state index contributed by atoms with van der Waals surface area (Å²) >= 11 is 2.73. The van der Waals surface area contributed by atoms with Gasteiger partial charge in [-0.1, -0.05) is 7.43 Å². The second kappa shape index (κ2) is 29.4. The first-order valence-corrected chi connectivity index (χ1v) is 19.2. The minimum absolute atomic E-state index is 0. The van der Waals surface area contributed by atoms with Crippen molar-refractivity contribution in [2.45, 2.75) is 38.7 Å². The number of carbonyl (C=O) groups excluding carboxylic acids is 1. The molecular formula is C39H46BrCuF12N14O. The summed E-state index contributed by atoms with van der Waals surface area (Å²) in [6, 6.07) is 4.35. The van der Waals surface area contributed by atoms with Gasteiger partial charge in [-0.2, -0.15) is 57.9 Å². The van der Waals surface area contributed by atoms with Crippen LogP contribution in [0.25, 0.3) is 0 Å². The average molecular weight is 1100 g/mol. The van der Waals surface area contributed by atoms with Crippen LogP contribution < -0.4 is 28.3 Å². The first-order chi connectivity index (χ1) is 30.6. The van der Waals surface area contributed by atoms with Gasteiger partial charge in [0.15, 0.2) is 6.29 Å². The number of hydrogen-bond acceptors (Lipinski definition) is 15. The van der Waals surface area contributed by atoms with Gasteiger partial charge in [-0.15, -0.1) is 0 Å². The zero-order valence-corrected chi connectivity index (χ0v) is 37.5. The van der Waals surface area contributed by atoms with E-state index in [9.17, 15) is 57.5 Å². The number of pyridine rings is 4. The van der Waals surface area contributed by atoms with Crippen molar-refractivity contribution in [3.8, 4) is 6.07 Å². The van der Waals surface area contributed by atoms with Crippen molar-refractivity contribution in [3.63, 3.8) is 0 Å². The standard InChI is InChI=1S/C12H17F3N4.C7H4F3N3.C7H5F3N2O.C6H4BrF3N2.C5H12N2.CN.CH4.Cu/c1-18-2-4-19(5-3-18)8-9-7-17-11(16)6-10(9)12(13,14)15;8-7(9,10)5-1-6(12)13-3-4(5)2-11;8-7(9,10)5-1-6(11)12-2-4(5)3-13;7-4-2-12-5(11)1-3(4)6(8,9)10;1-7-4-2-6-3-5-7;1-2;;/h6-7H,2-5,8H2,1H3,(H2,16,17);1,3H,(H2,12,13);1-3H,(H2,11,12);1-2H,(H2,11,12);6H,2-5H2,1H3;;1H4;/q;;;;;-1;;+1. The Morgan fingerprint density at radius 3 is 1.43 bits per heavy atom. The van der Waals surface area contributed by atoms with Crippen molar-refractivity contribution >= 4 is 45.5 Å². The molecule has 0 unspecified atom stereocenters. The van der Waals surface area contributed by atoms with Crippen molar-refractivity contribution in [3.05, 3.63) is 99.0 Å². The third-order valence-corrected chi connectivity index (χ3v) is 9.20. The molecule has 0 spiro atoms. The summed E-state index contributed by atoms with van der Waals surface area (Å²) in [5, 5.41) is 17.9. The number of anilines is 4. The predicted octanol–water partition coefficient (Wildman–Crippen LogP) is 7.18. The molecule has 2 saturated heterocycles. The van der Waals surface area contributed by atoms with E-state index in [4.69, 9.17) is 40.0 Å². The molecule has 0 amide bonds. The van der Waals surface area contributed by atoms with Gasteiger partial charge in [0.05, 0.1) is 27.8 Å². The maximum atomic E-state index is 12.9. The monoisotopic (exact) mass is 1100 g/mol. The first-order valence-electron chi connectivity index (χ1n) is 18.4. The molecule has 0 bridgehead atoms. The Morgan fingerprint density at radius 1 is 0.647 bits per heavy atom. The fraction of sp³-hybridized carbons (Fsp3) is 0.410. The average Bonchev–Trinajstić information content (AvgIpc) is 3.24. The van der Waals surface area contributed by atoms with Gasteiger partial charge in [0.2, 0.25) is 0 Å². The van der Waals surface area contributed by atoms with E-state index in [0.29, 0.717) is 12.1 Å². The molecule has 0 saturated carbocycles. The third-order valence-electron chi connectivity index (χ3n) is 8.56. The zero-order chi connectivity index (χ0) is 50.6. The number of aldehydes is 1. The number of nitrogen functional groups attached to an aromatic ring is 4. The molecule has 0 atom stereocenters. The van der Waals surface area contributed by atoms with Gasteiger partial charge in [0.1, 0.15) is 29.3 Å². The molecule has 2 aliphatic rings. The third kappa shape index (κ3) is 23.0. The minimum atomic E-state index is -4.58. The Kier molecular flexibility index (Phi) is 27.9. The largest absolute Gasteiger partial charge is 1.00 e. The fourth-order valence-electron chi connectivity index (χ4n) is 5.20. The summed E-state index contributed by atoms with van der Waals surface area (Å²) in [6.07, 6.45) is -14.0. The Morgan fingerprint density at radius 2 is 1.03 bits per heavy atom. The number of halogens is 13. The number of nitrogens with one attached hydrogen (secondary N) is 1. The number of piperazine rings is 2. The molecular weight excluding hydrogens is 1050 g/mol. The summed E-state index contributed by atoms with van der Waals surface area (Å²) in [7, 11) is 4.16. The number of likely N-dealkylation sites (N-methyl/N-ethyl adjacent to an activating group) is 2. The number of nitriles is 1. The van der Waals surface area contributed by atoms with E-state index in [1.165, 1.54) is 25.4 Å². The molecule has 6 heterocycles. The van der Waals surface area contributed by atoms with Crippen LogP contribution in [-0.4, -0.2) is 107 Å². The van der Waals surface area contributed by atoms with Crippen LogP contribution in [0.1, 0.15) is 51.2 Å². The predicted molar refractivity (Wildman–Crippen MR) is 227 cm³/mol. The van der Waals surface area contributed by atoms with Gasteiger partial charge in [0.25, 0.3) is 0 Å². The molecule has 4 aromatic rings. The molecule has 6 rings (SSSR count). The van der Waals surface area contributed by atoms with E-state index in [-0.39, 0.29) is 70.6 Å². The number of carbonyl (C=O) groups is 1. The van der Waals surface area contributed by atoms with Crippen LogP contribution in [0.2, 0.25) is 0 Å². The second-order valence-electron chi connectivity index (χ2n) is 13.6. The van der Waals surface area contributed by atoms with E-state index in [1.807, 2.05) is 11.9 Å². The molecule has 2 aliphatic heterocycles. The van der Waals surface area contributed by atoms with Crippen molar-refractivity contribution in [1.82, 2.24) is 40.0 Å². The summed E-state index contributed by atoms with van der Waals surface area (Å²) in [4.78, 5) is 30.7. The molecule has 68 heavy (non-hydrogen) atoms. The van der Waals surface area contributed by atoms with Gasteiger partial charge in [0, 0.05) is 93.7 Å². The van der Waals surface area contributed by atoms with Crippen LogP contribution in [0, 0.1) is 23.2 Å². The van der Waals surface area contributed by atoms with E-state index in [0.717, 1.165) is 70.0 Å². The molecule has 2 fully saturated rings. The summed E-state index contributed by atoms with van der Waals surface area (Å²) in [6.45, 7) is 13.0. The Hall–Kier alpha value is -5.55. The molecule has 380 valence electrons. The number of rotatable bonds is 3. The Balaban J connectivity index is 0. The molecule has 4 aromatic heterocycles. The first kappa shape index (κ1) is 64.5. The van der Waals surface area contributed by atoms with Gasteiger partial charge >= 0.3 is 41.8 Å². The van der Waals surface area contributed by atoms with Crippen LogP contribution >= 0.6 is 15.9 Å². The summed E-state index contributed by atoms with van der Waals surface area (Å²) < 4.78 is 148. The number of aromatic nitrogens is 4. The van der Waals surface area contributed by atoms with E-state index in [1.54, 1.807) is 0 Å². The maximum Gasteiger partial charge on any atom is 1.00 e. The van der Waals surface area contributed by atoms with Crippen LogP contribution in [-0.2, 0) is 48.3 Å². The van der Waals surface area contributed by atoms with Gasteiger partial charge in [-0.3, -0.25) is 9.69 Å². The Labute approximate surface area is 402 Å². The van der Waals surface area contributed by atoms with E-state index >= 15 is 0 Å². The van der Waals surface area contributed by atoms with Crippen molar-refractivity contribution in [2.75, 3.05) is 89.4 Å². The number of alkyl halides is 12. The van der Waals surface area contributed by atoms with Gasteiger partial charge in [-0.05, 0) is 59.9 Å². The molecule has 0 aromatic carbocycles. The van der Waals surface area contributed by atoms with Crippen molar-refractivity contribution in [2.24, 2.45) is 0 Å². The van der Waals surface area contributed by atoms with Gasteiger partial charge < -0.3 is 49.9 Å². The van der Waals surface area contributed by atoms with Crippen molar-refractivity contribution < 1.29 is 74.5 Å². The number of hydrogen-bond donors (Lipinski definition) is 5. The van der Waals surface area contributed by atoms with E-state index in [2.05, 4.69) is 58.0 Å². The summed E-state index contributed by atoms with van der Waals surface area (Å²) in [5.41, 5.74) is 16.1. The number of nitrogens with two attached hydrogens (primary N) is 4. The molecule has 0 aliphatic carbocycles. The Bertz CT molecular complexity index is 2210. The fourth-order valence-corrected chi connectivity index (χ4v) is 5.64. The minimum Gasteiger partial charge on any atom is -0.512 e. The van der Waals surface area contributed by atoms with Crippen molar-refractivity contribution in [1.29, 1.82) is 10.5 Å². The zero-order valence-electron chi connectivity index (χ0n) is 35.0. The van der Waals surface area contributed by atoms with Crippen LogP contribution in [0.3, 0.4) is 0 Å². The van der Waals surface area contributed by atoms with Crippen LogP contribution in [0.15, 0.2) is 53.5 Å². The maximum absolute atomic E-state index is 12.9. The summed E-state index contributed by atoms with van der Waals surface area (Å²) in [5.74, 6) is -0.774. The quantitative estimate of drug-likeness (QED) is 0.0591. The molecule has 9 N–H and O–H groups in total. The smallest absolute Gasteiger partial charge is 0.512 e. The molecule has 0 radical (unpaired) electrons. The van der Waals surface area contributed by atoms with E-state index < -0.39 is 58.1 Å². The SMILES string of the molecule is C.CN1CCN(Cc2cnc(N)cc2C(F)(F)F)CC1.CN1CCNCC1.N#Cc1cnc(N)cc1C(F)(F)F.Nc1cc(C(F)(F)F)c(Br)cn1.Nc1cc(C(F)(F)F)c(C=O)cn1.[C-]#N.[Cu+]. The number of nitrogens with zero attached hydrogens (tertiary/aromatic N) is 9. The van der Waals surface area contributed by atoms with Crippen LogP contribution in [0.5, 0.6) is 0 Å². The van der Waals surface area contributed by atoms with Gasteiger partial charge in [-0.25, -0.2) is 19.9 Å². The molecule has 29 heteroatoms. The normalized spacial score (nSPS) is 14.2.